The highest BCUT2D eigenvalue weighted by molar-refractivity contribution is 7.87. The van der Waals surface area contributed by atoms with Crippen molar-refractivity contribution in [3.63, 3.8) is 0 Å². The van der Waals surface area contributed by atoms with Crippen molar-refractivity contribution in [2.24, 2.45) is 0 Å². The maximum absolute atomic E-state index is 12.0. The van der Waals surface area contributed by atoms with Crippen LogP contribution in [0.25, 0.3) is 0 Å². The molecular formula is C8H11F3N2O3S. The van der Waals surface area contributed by atoms with Gasteiger partial charge in [-0.15, -0.1) is 0 Å². The summed E-state index contributed by atoms with van der Waals surface area (Å²) in [6.07, 6.45) is 2.65. The molecule has 98 valence electrons. The Bertz CT molecular complexity index is 478. The summed E-state index contributed by atoms with van der Waals surface area (Å²) >= 11 is 0. The fraction of sp³-hybridized carbons (Fsp3) is 0.625. The van der Waals surface area contributed by atoms with Gasteiger partial charge in [-0.05, 0) is 13.8 Å². The lowest BCUT2D eigenvalue weighted by Crippen LogP contribution is -2.25. The molecule has 0 spiro atoms. The van der Waals surface area contributed by atoms with Crippen LogP contribution in [0.2, 0.25) is 0 Å². The van der Waals surface area contributed by atoms with Crippen LogP contribution in [-0.4, -0.2) is 23.5 Å². The van der Waals surface area contributed by atoms with Crippen molar-refractivity contribution in [1.82, 2.24) is 9.55 Å². The van der Waals surface area contributed by atoms with Crippen LogP contribution in [0.5, 0.6) is 0 Å². The fourth-order valence-electron chi connectivity index (χ4n) is 1.11. The van der Waals surface area contributed by atoms with Crippen LogP contribution >= 0.6 is 0 Å². The zero-order chi connectivity index (χ0) is 13.3. The Morgan fingerprint density at radius 1 is 1.47 bits per heavy atom. The Morgan fingerprint density at radius 3 is 2.53 bits per heavy atom. The summed E-state index contributed by atoms with van der Waals surface area (Å²) in [7, 11) is -5.56. The molecule has 0 radical (unpaired) electrons. The van der Waals surface area contributed by atoms with Crippen molar-refractivity contribution >= 4 is 10.1 Å². The summed E-state index contributed by atoms with van der Waals surface area (Å²) in [5.74, 6) is 0. The molecule has 0 N–H and O–H groups in total. The van der Waals surface area contributed by atoms with Crippen LogP contribution < -0.4 is 0 Å². The summed E-state index contributed by atoms with van der Waals surface area (Å²) in [6, 6.07) is -0.0512. The van der Waals surface area contributed by atoms with Gasteiger partial charge in [0, 0.05) is 6.04 Å². The van der Waals surface area contributed by atoms with E-state index >= 15 is 0 Å². The Morgan fingerprint density at radius 2 is 2.06 bits per heavy atom. The van der Waals surface area contributed by atoms with Crippen LogP contribution in [-0.2, 0) is 20.9 Å². The van der Waals surface area contributed by atoms with E-state index < -0.39 is 22.2 Å². The molecule has 1 rings (SSSR count). The molecule has 0 fully saturated rings. The van der Waals surface area contributed by atoms with Gasteiger partial charge >= 0.3 is 15.6 Å². The van der Waals surface area contributed by atoms with Gasteiger partial charge in [0.2, 0.25) is 0 Å². The molecule has 0 amide bonds. The lowest BCUT2D eigenvalue weighted by Gasteiger charge is -2.12. The van der Waals surface area contributed by atoms with E-state index in [1.807, 2.05) is 0 Å². The number of aromatic nitrogens is 2. The molecule has 0 aliphatic heterocycles. The third-order valence-electron chi connectivity index (χ3n) is 1.95. The molecule has 0 saturated carbocycles. The van der Waals surface area contributed by atoms with Crippen molar-refractivity contribution in [3.8, 4) is 0 Å². The van der Waals surface area contributed by atoms with Crippen LogP contribution in [0.4, 0.5) is 13.2 Å². The molecule has 0 atom stereocenters. The highest BCUT2D eigenvalue weighted by Crippen LogP contribution is 2.25. The van der Waals surface area contributed by atoms with E-state index in [0.717, 1.165) is 0 Å². The zero-order valence-electron chi connectivity index (χ0n) is 9.10. The van der Waals surface area contributed by atoms with Gasteiger partial charge in [-0.1, -0.05) is 0 Å². The molecule has 1 heterocycles. The maximum atomic E-state index is 12.0. The van der Waals surface area contributed by atoms with Crippen molar-refractivity contribution < 1.29 is 25.8 Å². The van der Waals surface area contributed by atoms with Gasteiger partial charge in [0.25, 0.3) is 0 Å². The molecule has 0 aliphatic carbocycles. The van der Waals surface area contributed by atoms with E-state index in [-0.39, 0.29) is 11.7 Å². The average molecular weight is 272 g/mol. The number of alkyl halides is 3. The first kappa shape index (κ1) is 14.0. The lowest BCUT2D eigenvalue weighted by molar-refractivity contribution is -0.0549. The lowest BCUT2D eigenvalue weighted by atomic mass is 10.3. The van der Waals surface area contributed by atoms with Crippen LogP contribution in [0.15, 0.2) is 12.5 Å². The highest BCUT2D eigenvalue weighted by Gasteiger charge is 2.47. The number of hydrogen-bond acceptors (Lipinski definition) is 4. The number of hydrogen-bond donors (Lipinski definition) is 0. The largest absolute Gasteiger partial charge is 0.523 e. The summed E-state index contributed by atoms with van der Waals surface area (Å²) in [5.41, 5.74) is -5.15. The monoisotopic (exact) mass is 272 g/mol. The molecule has 9 heteroatoms. The van der Waals surface area contributed by atoms with E-state index in [1.165, 1.54) is 17.1 Å². The molecule has 17 heavy (non-hydrogen) atoms. The number of nitrogens with zero attached hydrogens (tertiary/aromatic N) is 2. The van der Waals surface area contributed by atoms with Gasteiger partial charge in [-0.25, -0.2) is 4.98 Å². The Labute approximate surface area is 96.3 Å². The Hall–Kier alpha value is -1.09. The second-order valence-corrected chi connectivity index (χ2v) is 5.15. The van der Waals surface area contributed by atoms with Crippen LogP contribution in [0.1, 0.15) is 25.6 Å². The minimum Gasteiger partial charge on any atom is -0.330 e. The van der Waals surface area contributed by atoms with E-state index in [9.17, 15) is 21.6 Å². The third kappa shape index (κ3) is 3.19. The van der Waals surface area contributed by atoms with Crippen molar-refractivity contribution in [2.45, 2.75) is 32.0 Å². The molecular weight excluding hydrogens is 261 g/mol. The molecule has 0 aliphatic rings. The van der Waals surface area contributed by atoms with E-state index in [0.29, 0.717) is 0 Å². The SMILES string of the molecule is CC(C)n1cncc1COS(=O)(=O)C(F)(F)F. The standard InChI is InChI=1S/C8H11F3N2O3S/c1-6(2)13-5-12-3-7(13)4-16-17(14,15)8(9,10)11/h3,5-6H,4H2,1-2H3. The second kappa shape index (κ2) is 4.65. The predicted molar refractivity (Wildman–Crippen MR) is 52.4 cm³/mol. The van der Waals surface area contributed by atoms with Gasteiger partial charge in [0.15, 0.2) is 0 Å². The molecule has 0 bridgehead atoms. The maximum Gasteiger partial charge on any atom is 0.523 e. The van der Waals surface area contributed by atoms with Crippen molar-refractivity contribution in [1.29, 1.82) is 0 Å². The minimum atomic E-state index is -5.56. The number of imidazole rings is 1. The average Bonchev–Trinajstić information content (AvgIpc) is 2.60. The van der Waals surface area contributed by atoms with Crippen LogP contribution in [0.3, 0.4) is 0 Å². The number of halogens is 3. The first-order valence-electron chi connectivity index (χ1n) is 4.61. The van der Waals surface area contributed by atoms with Gasteiger partial charge in [-0.3, -0.25) is 4.18 Å². The topological polar surface area (TPSA) is 61.2 Å². The molecule has 0 aromatic carbocycles. The second-order valence-electron chi connectivity index (χ2n) is 3.55. The Kier molecular flexibility index (Phi) is 3.82. The molecule has 0 saturated heterocycles. The third-order valence-corrected chi connectivity index (χ3v) is 2.94. The Balaban J connectivity index is 2.79. The number of rotatable bonds is 4. The van der Waals surface area contributed by atoms with Gasteiger partial charge < -0.3 is 4.57 Å². The van der Waals surface area contributed by atoms with E-state index in [4.69, 9.17) is 0 Å². The highest BCUT2D eigenvalue weighted by atomic mass is 32.2. The fourth-order valence-corrected chi connectivity index (χ4v) is 1.52. The summed E-state index contributed by atoms with van der Waals surface area (Å²) in [4.78, 5) is 3.71. The minimum absolute atomic E-state index is 0.0512. The molecule has 0 unspecified atom stereocenters. The summed E-state index contributed by atoms with van der Waals surface area (Å²) in [6.45, 7) is 2.87. The summed E-state index contributed by atoms with van der Waals surface area (Å²) in [5, 5.41) is 0. The zero-order valence-corrected chi connectivity index (χ0v) is 9.92. The van der Waals surface area contributed by atoms with E-state index in [1.54, 1.807) is 13.8 Å². The molecule has 1 aromatic heterocycles. The quantitative estimate of drug-likeness (QED) is 0.619. The predicted octanol–water partition coefficient (Wildman–Crippen LogP) is 1.83. The van der Waals surface area contributed by atoms with Gasteiger partial charge in [0.1, 0.15) is 6.61 Å². The van der Waals surface area contributed by atoms with Gasteiger partial charge in [-0.2, -0.15) is 21.6 Å². The summed E-state index contributed by atoms with van der Waals surface area (Å²) < 4.78 is 62.7. The van der Waals surface area contributed by atoms with Crippen molar-refractivity contribution in [3.05, 3.63) is 18.2 Å². The first-order valence-corrected chi connectivity index (χ1v) is 6.02. The normalized spacial score (nSPS) is 13.3. The van der Waals surface area contributed by atoms with E-state index in [2.05, 4.69) is 9.17 Å². The van der Waals surface area contributed by atoms with Crippen LogP contribution in [0, 0.1) is 0 Å². The van der Waals surface area contributed by atoms with Crippen molar-refractivity contribution in [2.75, 3.05) is 0 Å². The first-order chi connectivity index (χ1) is 7.65. The molecule has 1 aromatic rings. The molecule has 5 nitrogen and oxygen atoms in total. The smallest absolute Gasteiger partial charge is 0.330 e. The van der Waals surface area contributed by atoms with Gasteiger partial charge in [0.05, 0.1) is 18.2 Å².